The highest BCUT2D eigenvalue weighted by atomic mass is 32.2. The Hall–Kier alpha value is -2.95. The lowest BCUT2D eigenvalue weighted by Gasteiger charge is -2.10. The van der Waals surface area contributed by atoms with Crippen LogP contribution in [0.25, 0.3) is 0 Å². The summed E-state index contributed by atoms with van der Waals surface area (Å²) >= 11 is 0. The Morgan fingerprint density at radius 2 is 1.96 bits per heavy atom. The number of hydrogen-bond donors (Lipinski definition) is 1. The zero-order valence-corrected chi connectivity index (χ0v) is 15.1. The Morgan fingerprint density at radius 1 is 1.19 bits per heavy atom. The maximum absolute atomic E-state index is 12.4. The zero-order valence-electron chi connectivity index (χ0n) is 14.3. The maximum Gasteiger partial charge on any atom is 0.240 e. The fraction of sp³-hybridized carbons (Fsp3) is 0.158. The van der Waals surface area contributed by atoms with Crippen LogP contribution in [-0.4, -0.2) is 18.0 Å². The fourth-order valence-electron chi connectivity index (χ4n) is 2.55. The Labute approximate surface area is 152 Å². The van der Waals surface area contributed by atoms with Gasteiger partial charge in [-0.2, -0.15) is 5.26 Å². The molecular formula is C19H18N4O2S. The molecule has 1 aromatic heterocycles. The molecule has 6 nitrogen and oxygen atoms in total. The molecule has 132 valence electrons. The van der Waals surface area contributed by atoms with Crippen molar-refractivity contribution in [2.75, 3.05) is 0 Å². The molecule has 2 aromatic carbocycles. The smallest absolute Gasteiger partial charge is 0.240 e. The minimum atomic E-state index is -3.58. The van der Waals surface area contributed by atoms with Crippen molar-refractivity contribution in [2.45, 2.75) is 24.9 Å². The second-order valence-corrected chi connectivity index (χ2v) is 7.73. The molecule has 0 saturated heterocycles. The van der Waals surface area contributed by atoms with Gasteiger partial charge in [0.25, 0.3) is 0 Å². The van der Waals surface area contributed by atoms with Crippen LogP contribution >= 0.6 is 0 Å². The van der Waals surface area contributed by atoms with E-state index in [-0.39, 0.29) is 11.4 Å². The molecule has 0 radical (unpaired) electrons. The highest BCUT2D eigenvalue weighted by Crippen LogP contribution is 2.12. The zero-order chi connectivity index (χ0) is 18.6. The van der Waals surface area contributed by atoms with Crippen LogP contribution in [0.4, 0.5) is 0 Å². The molecular weight excluding hydrogens is 348 g/mol. The minimum absolute atomic E-state index is 0.145. The number of hydrogen-bond acceptors (Lipinski definition) is 4. The predicted molar refractivity (Wildman–Crippen MR) is 97.7 cm³/mol. The average Bonchev–Trinajstić information content (AvgIpc) is 3.08. The van der Waals surface area contributed by atoms with Gasteiger partial charge in [0.05, 0.1) is 35.1 Å². The number of nitriles is 1. The van der Waals surface area contributed by atoms with Gasteiger partial charge in [-0.1, -0.05) is 24.3 Å². The van der Waals surface area contributed by atoms with Gasteiger partial charge in [0.2, 0.25) is 10.0 Å². The Bertz CT molecular complexity index is 1050. The quantitative estimate of drug-likeness (QED) is 0.726. The lowest BCUT2D eigenvalue weighted by molar-refractivity contribution is 0.578. The molecule has 0 amide bonds. The highest BCUT2D eigenvalue weighted by molar-refractivity contribution is 7.89. The van der Waals surface area contributed by atoms with Crippen molar-refractivity contribution in [1.82, 2.24) is 14.3 Å². The summed E-state index contributed by atoms with van der Waals surface area (Å²) in [6.45, 7) is 2.55. The van der Waals surface area contributed by atoms with Crippen LogP contribution in [-0.2, 0) is 23.1 Å². The van der Waals surface area contributed by atoms with Crippen molar-refractivity contribution in [2.24, 2.45) is 0 Å². The van der Waals surface area contributed by atoms with Crippen molar-refractivity contribution in [3.63, 3.8) is 0 Å². The topological polar surface area (TPSA) is 87.8 Å². The monoisotopic (exact) mass is 366 g/mol. The van der Waals surface area contributed by atoms with Gasteiger partial charge in [-0.25, -0.2) is 18.1 Å². The number of sulfonamides is 1. The number of nitrogens with zero attached hydrogens (tertiary/aromatic N) is 3. The van der Waals surface area contributed by atoms with Crippen LogP contribution in [0.5, 0.6) is 0 Å². The first-order valence-electron chi connectivity index (χ1n) is 8.02. The van der Waals surface area contributed by atoms with Gasteiger partial charge < -0.3 is 4.57 Å². The standard InChI is InChI=1S/C19H18N4O2S/c1-15-3-2-4-19(9-15)26(24,25)22-12-18-11-21-14-23(18)13-17-7-5-16(10-20)6-8-17/h2-9,11,14,22H,12-13H2,1H3. The first-order chi connectivity index (χ1) is 12.5. The molecule has 0 aliphatic rings. The van der Waals surface area contributed by atoms with Crippen LogP contribution in [0.1, 0.15) is 22.4 Å². The molecule has 0 aliphatic carbocycles. The second-order valence-electron chi connectivity index (χ2n) is 5.96. The first kappa shape index (κ1) is 17.9. The third kappa shape index (κ3) is 4.17. The van der Waals surface area contributed by atoms with E-state index in [2.05, 4.69) is 15.8 Å². The normalized spacial score (nSPS) is 11.2. The lowest BCUT2D eigenvalue weighted by atomic mass is 10.1. The summed E-state index contributed by atoms with van der Waals surface area (Å²) in [5, 5.41) is 8.86. The second kappa shape index (κ2) is 7.52. The maximum atomic E-state index is 12.4. The summed E-state index contributed by atoms with van der Waals surface area (Å²) in [5.74, 6) is 0. The van der Waals surface area contributed by atoms with E-state index in [1.54, 1.807) is 42.9 Å². The number of aryl methyl sites for hydroxylation is 1. The Morgan fingerprint density at radius 3 is 2.65 bits per heavy atom. The predicted octanol–water partition coefficient (Wildman–Crippen LogP) is 2.59. The number of imidazole rings is 1. The fourth-order valence-corrected chi connectivity index (χ4v) is 3.66. The molecule has 0 unspecified atom stereocenters. The molecule has 0 atom stereocenters. The van der Waals surface area contributed by atoms with E-state index in [0.29, 0.717) is 12.1 Å². The van der Waals surface area contributed by atoms with Crippen molar-refractivity contribution < 1.29 is 8.42 Å². The average molecular weight is 366 g/mol. The van der Waals surface area contributed by atoms with Crippen molar-refractivity contribution >= 4 is 10.0 Å². The van der Waals surface area contributed by atoms with E-state index in [9.17, 15) is 8.42 Å². The van der Waals surface area contributed by atoms with Crippen molar-refractivity contribution in [3.05, 3.63) is 83.4 Å². The van der Waals surface area contributed by atoms with E-state index >= 15 is 0 Å². The molecule has 0 saturated carbocycles. The van der Waals surface area contributed by atoms with Gasteiger partial charge >= 0.3 is 0 Å². The van der Waals surface area contributed by atoms with Gasteiger partial charge in [-0.3, -0.25) is 0 Å². The van der Waals surface area contributed by atoms with Crippen LogP contribution in [0.3, 0.4) is 0 Å². The third-order valence-corrected chi connectivity index (χ3v) is 5.38. The minimum Gasteiger partial charge on any atom is -0.329 e. The largest absolute Gasteiger partial charge is 0.329 e. The molecule has 7 heteroatoms. The van der Waals surface area contributed by atoms with Gasteiger partial charge in [0, 0.05) is 12.7 Å². The molecule has 3 aromatic rings. The van der Waals surface area contributed by atoms with Gasteiger partial charge in [0.15, 0.2) is 0 Å². The van der Waals surface area contributed by atoms with Crippen LogP contribution in [0, 0.1) is 18.3 Å². The number of nitrogens with one attached hydrogen (secondary N) is 1. The molecule has 3 rings (SSSR count). The van der Waals surface area contributed by atoms with Crippen LogP contribution < -0.4 is 4.72 Å². The molecule has 1 N–H and O–H groups in total. The van der Waals surface area contributed by atoms with Crippen molar-refractivity contribution in [3.8, 4) is 6.07 Å². The number of aromatic nitrogens is 2. The van der Waals surface area contributed by atoms with E-state index < -0.39 is 10.0 Å². The molecule has 0 fully saturated rings. The number of rotatable bonds is 6. The summed E-state index contributed by atoms with van der Waals surface area (Å²) < 4.78 is 29.4. The summed E-state index contributed by atoms with van der Waals surface area (Å²) in [5.41, 5.74) is 3.25. The Kier molecular flexibility index (Phi) is 5.16. The molecule has 26 heavy (non-hydrogen) atoms. The SMILES string of the molecule is Cc1cccc(S(=O)(=O)NCc2cncn2Cc2ccc(C#N)cc2)c1. The van der Waals surface area contributed by atoms with Crippen molar-refractivity contribution in [1.29, 1.82) is 5.26 Å². The van der Waals surface area contributed by atoms with Gasteiger partial charge in [-0.15, -0.1) is 0 Å². The van der Waals surface area contributed by atoms with Gasteiger partial charge in [0.1, 0.15) is 0 Å². The summed E-state index contributed by atoms with van der Waals surface area (Å²) in [6, 6.07) is 16.1. The van der Waals surface area contributed by atoms with Crippen LogP contribution in [0.15, 0.2) is 66.0 Å². The van der Waals surface area contributed by atoms with E-state index in [1.807, 2.05) is 29.7 Å². The molecule has 0 bridgehead atoms. The third-order valence-electron chi connectivity index (χ3n) is 3.98. The van der Waals surface area contributed by atoms with Crippen LogP contribution in [0.2, 0.25) is 0 Å². The van der Waals surface area contributed by atoms with Gasteiger partial charge in [-0.05, 0) is 42.3 Å². The van der Waals surface area contributed by atoms with E-state index in [1.165, 1.54) is 0 Å². The summed E-state index contributed by atoms with van der Waals surface area (Å²) in [4.78, 5) is 4.36. The van der Waals surface area contributed by atoms with E-state index in [0.717, 1.165) is 16.8 Å². The molecule has 0 spiro atoms. The molecule has 0 aliphatic heterocycles. The highest BCUT2D eigenvalue weighted by Gasteiger charge is 2.15. The molecule has 1 heterocycles. The Balaban J connectivity index is 1.71. The first-order valence-corrected chi connectivity index (χ1v) is 9.50. The summed E-state index contributed by atoms with van der Waals surface area (Å²) in [6.07, 6.45) is 3.30. The summed E-state index contributed by atoms with van der Waals surface area (Å²) in [7, 11) is -3.58. The van der Waals surface area contributed by atoms with E-state index in [4.69, 9.17) is 5.26 Å². The number of benzene rings is 2. The lowest BCUT2D eigenvalue weighted by Crippen LogP contribution is -2.24.